The number of carbonyl (C=O) groups excluding carboxylic acids is 1. The number of hydrogen-bond acceptors (Lipinski definition) is 2. The molecule has 0 bridgehead atoms. The minimum absolute atomic E-state index is 0.0869. The molecule has 1 rings (SSSR count). The molecular formula is C13H17FN2O3. The largest absolute Gasteiger partial charge is 0.480 e. The van der Waals surface area contributed by atoms with Crippen LogP contribution >= 0.6 is 0 Å². The van der Waals surface area contributed by atoms with Crippen molar-refractivity contribution in [3.63, 3.8) is 0 Å². The highest BCUT2D eigenvalue weighted by Gasteiger charge is 2.34. The molecule has 6 heteroatoms. The summed E-state index contributed by atoms with van der Waals surface area (Å²) in [6.07, 6.45) is 0.221. The number of aliphatic carboxylic acids is 1. The number of nitrogens with one attached hydrogen (secondary N) is 1. The van der Waals surface area contributed by atoms with Gasteiger partial charge in [0.2, 0.25) is 0 Å². The lowest BCUT2D eigenvalue weighted by molar-refractivity contribution is -0.143. The van der Waals surface area contributed by atoms with E-state index in [1.807, 2.05) is 0 Å². The standard InChI is InChI=1S/C13H17FN2O3/c1-4-13(2,11(17)18)15-12(19)16(3)10-8-6-5-7-9(10)14/h5-8H,4H2,1-3H3,(H,15,19)(H,17,18). The van der Waals surface area contributed by atoms with E-state index in [-0.39, 0.29) is 12.1 Å². The van der Waals surface area contributed by atoms with E-state index in [0.717, 1.165) is 4.90 Å². The first-order chi connectivity index (χ1) is 8.81. The number of amides is 2. The van der Waals surface area contributed by atoms with Gasteiger partial charge in [-0.2, -0.15) is 0 Å². The predicted molar refractivity (Wildman–Crippen MR) is 69.7 cm³/mol. The van der Waals surface area contributed by atoms with Gasteiger partial charge in [-0.15, -0.1) is 0 Å². The zero-order valence-electron chi connectivity index (χ0n) is 11.1. The second-order valence-electron chi connectivity index (χ2n) is 4.43. The van der Waals surface area contributed by atoms with Gasteiger partial charge in [-0.05, 0) is 25.5 Å². The molecule has 5 nitrogen and oxygen atoms in total. The van der Waals surface area contributed by atoms with Gasteiger partial charge in [-0.1, -0.05) is 19.1 Å². The van der Waals surface area contributed by atoms with Crippen molar-refractivity contribution in [3.05, 3.63) is 30.1 Å². The fraction of sp³-hybridized carbons (Fsp3) is 0.385. The summed E-state index contributed by atoms with van der Waals surface area (Å²) in [4.78, 5) is 24.1. The van der Waals surface area contributed by atoms with Crippen molar-refractivity contribution in [2.45, 2.75) is 25.8 Å². The van der Waals surface area contributed by atoms with E-state index < -0.39 is 23.4 Å². The lowest BCUT2D eigenvalue weighted by Crippen LogP contribution is -2.55. The van der Waals surface area contributed by atoms with E-state index in [9.17, 15) is 14.0 Å². The van der Waals surface area contributed by atoms with Crippen LogP contribution in [-0.2, 0) is 4.79 Å². The Labute approximate surface area is 111 Å². The first-order valence-corrected chi connectivity index (χ1v) is 5.85. The molecule has 0 spiro atoms. The van der Waals surface area contributed by atoms with Gasteiger partial charge >= 0.3 is 12.0 Å². The second kappa shape index (κ2) is 5.69. The van der Waals surface area contributed by atoms with E-state index in [2.05, 4.69) is 5.32 Å². The molecule has 1 aromatic rings. The molecule has 0 fully saturated rings. The summed E-state index contributed by atoms with van der Waals surface area (Å²) in [7, 11) is 1.38. The number of halogens is 1. The number of anilines is 1. The molecule has 2 N–H and O–H groups in total. The predicted octanol–water partition coefficient (Wildman–Crippen LogP) is 2.22. The van der Waals surface area contributed by atoms with Crippen LogP contribution in [0.5, 0.6) is 0 Å². The van der Waals surface area contributed by atoms with Crippen LogP contribution in [-0.4, -0.2) is 29.7 Å². The Morgan fingerprint density at radius 3 is 2.47 bits per heavy atom. The van der Waals surface area contributed by atoms with Crippen LogP contribution in [0.15, 0.2) is 24.3 Å². The number of rotatable bonds is 4. The highest BCUT2D eigenvalue weighted by atomic mass is 19.1. The first-order valence-electron chi connectivity index (χ1n) is 5.85. The summed E-state index contributed by atoms with van der Waals surface area (Å²) < 4.78 is 13.5. The van der Waals surface area contributed by atoms with Gasteiger partial charge in [0.25, 0.3) is 0 Å². The zero-order valence-corrected chi connectivity index (χ0v) is 11.1. The number of carboxylic acids is 1. The molecule has 0 saturated carbocycles. The third kappa shape index (κ3) is 3.21. The Morgan fingerprint density at radius 1 is 1.42 bits per heavy atom. The summed E-state index contributed by atoms with van der Waals surface area (Å²) in [6, 6.07) is 5.11. The smallest absolute Gasteiger partial charge is 0.329 e. The third-order valence-electron chi connectivity index (χ3n) is 3.08. The lowest BCUT2D eigenvalue weighted by Gasteiger charge is -2.28. The van der Waals surface area contributed by atoms with Gasteiger partial charge in [0.05, 0.1) is 5.69 Å². The molecule has 0 aliphatic carbocycles. The Kier molecular flexibility index (Phi) is 4.47. The van der Waals surface area contributed by atoms with Crippen molar-refractivity contribution in [2.75, 3.05) is 11.9 Å². The maximum atomic E-state index is 13.5. The van der Waals surface area contributed by atoms with Crippen LogP contribution in [0.25, 0.3) is 0 Å². The monoisotopic (exact) mass is 268 g/mol. The Hall–Kier alpha value is -2.11. The van der Waals surface area contributed by atoms with E-state index in [4.69, 9.17) is 5.11 Å². The summed E-state index contributed by atoms with van der Waals surface area (Å²) in [5.41, 5.74) is -1.29. The van der Waals surface area contributed by atoms with Crippen LogP contribution in [0, 0.1) is 5.82 Å². The van der Waals surface area contributed by atoms with Gasteiger partial charge in [0.1, 0.15) is 11.4 Å². The fourth-order valence-corrected chi connectivity index (χ4v) is 1.45. The van der Waals surface area contributed by atoms with Crippen LogP contribution in [0.3, 0.4) is 0 Å². The Balaban J connectivity index is 2.90. The maximum absolute atomic E-state index is 13.5. The molecule has 2 amide bonds. The van der Waals surface area contributed by atoms with E-state index in [1.54, 1.807) is 13.0 Å². The molecule has 0 saturated heterocycles. The molecule has 1 aromatic carbocycles. The third-order valence-corrected chi connectivity index (χ3v) is 3.08. The summed E-state index contributed by atoms with van der Waals surface area (Å²) in [5.74, 6) is -1.68. The van der Waals surface area contributed by atoms with Crippen molar-refractivity contribution in [1.29, 1.82) is 0 Å². The van der Waals surface area contributed by atoms with E-state index >= 15 is 0 Å². The van der Waals surface area contributed by atoms with Crippen LogP contribution in [0.4, 0.5) is 14.9 Å². The average Bonchev–Trinajstić information content (AvgIpc) is 2.38. The summed E-state index contributed by atoms with van der Waals surface area (Å²) in [6.45, 7) is 3.06. The SMILES string of the molecule is CCC(C)(NC(=O)N(C)c1ccccc1F)C(=O)O. The number of urea groups is 1. The van der Waals surface area contributed by atoms with Crippen LogP contribution < -0.4 is 10.2 Å². The second-order valence-corrected chi connectivity index (χ2v) is 4.43. The van der Waals surface area contributed by atoms with Gasteiger partial charge < -0.3 is 10.4 Å². The topological polar surface area (TPSA) is 69.6 Å². The number of benzene rings is 1. The first kappa shape index (κ1) is 14.9. The van der Waals surface area contributed by atoms with Gasteiger partial charge in [-0.25, -0.2) is 14.0 Å². The Bertz CT molecular complexity index is 493. The number of carbonyl (C=O) groups is 2. The number of para-hydroxylation sites is 1. The summed E-state index contributed by atoms with van der Waals surface area (Å²) >= 11 is 0. The van der Waals surface area contributed by atoms with Crippen molar-refractivity contribution in [2.24, 2.45) is 0 Å². The number of nitrogens with zero attached hydrogens (tertiary/aromatic N) is 1. The van der Waals surface area contributed by atoms with Crippen molar-refractivity contribution < 1.29 is 19.1 Å². The molecule has 104 valence electrons. The molecule has 0 aromatic heterocycles. The molecule has 1 atom stereocenters. The lowest BCUT2D eigenvalue weighted by atomic mass is 10.00. The molecule has 1 unspecified atom stereocenters. The van der Waals surface area contributed by atoms with Gasteiger partial charge in [0, 0.05) is 7.05 Å². The Morgan fingerprint density at radius 2 is 2.00 bits per heavy atom. The minimum atomic E-state index is -1.38. The number of hydrogen-bond donors (Lipinski definition) is 2. The summed E-state index contributed by atoms with van der Waals surface area (Å²) in [5, 5.41) is 11.5. The zero-order chi connectivity index (χ0) is 14.6. The maximum Gasteiger partial charge on any atom is 0.329 e. The molecule has 0 aliphatic heterocycles. The average molecular weight is 268 g/mol. The van der Waals surface area contributed by atoms with Crippen LogP contribution in [0.2, 0.25) is 0 Å². The van der Waals surface area contributed by atoms with Crippen molar-refractivity contribution in [1.82, 2.24) is 5.32 Å². The molecule has 0 heterocycles. The van der Waals surface area contributed by atoms with E-state index in [0.29, 0.717) is 0 Å². The number of carboxylic acid groups (broad SMARTS) is 1. The highest BCUT2D eigenvalue weighted by molar-refractivity contribution is 5.95. The molecular weight excluding hydrogens is 251 g/mol. The minimum Gasteiger partial charge on any atom is -0.480 e. The highest BCUT2D eigenvalue weighted by Crippen LogP contribution is 2.18. The molecule has 19 heavy (non-hydrogen) atoms. The molecule has 0 aliphatic rings. The van der Waals surface area contributed by atoms with Crippen molar-refractivity contribution in [3.8, 4) is 0 Å². The quantitative estimate of drug-likeness (QED) is 0.879. The molecule has 0 radical (unpaired) electrons. The van der Waals surface area contributed by atoms with E-state index in [1.165, 1.54) is 32.2 Å². The normalized spacial score (nSPS) is 13.5. The van der Waals surface area contributed by atoms with Crippen LogP contribution in [0.1, 0.15) is 20.3 Å². The van der Waals surface area contributed by atoms with Gasteiger partial charge in [-0.3, -0.25) is 4.90 Å². The van der Waals surface area contributed by atoms with Crippen molar-refractivity contribution >= 4 is 17.7 Å². The fourth-order valence-electron chi connectivity index (χ4n) is 1.45. The van der Waals surface area contributed by atoms with Gasteiger partial charge in [0.15, 0.2) is 0 Å².